The molecule has 0 bridgehead atoms. The Morgan fingerprint density at radius 3 is 2.00 bits per heavy atom. The van der Waals surface area contributed by atoms with E-state index in [0.29, 0.717) is 0 Å². The van der Waals surface area contributed by atoms with Crippen molar-refractivity contribution >= 4 is 20.6 Å². The van der Waals surface area contributed by atoms with Gasteiger partial charge in [-0.05, 0) is 0 Å². The molecule has 2 nitrogen and oxygen atoms in total. The third-order valence-electron chi connectivity index (χ3n) is 2.43. The van der Waals surface area contributed by atoms with Gasteiger partial charge in [-0.15, -0.1) is 0 Å². The van der Waals surface area contributed by atoms with E-state index < -0.39 is 14.7 Å². The fourth-order valence-electron chi connectivity index (χ4n) is 1.57. The van der Waals surface area contributed by atoms with E-state index in [1.807, 2.05) is 6.92 Å². The Morgan fingerprint density at radius 2 is 1.71 bits per heavy atom. The van der Waals surface area contributed by atoms with Crippen LogP contribution in [-0.4, -0.2) is 20.6 Å². The van der Waals surface area contributed by atoms with Crippen LogP contribution in [-0.2, 0) is 4.79 Å². The summed E-state index contributed by atoms with van der Waals surface area (Å²) in [7, 11) is 0. The molecule has 0 rings (SSSR count). The van der Waals surface area contributed by atoms with E-state index in [9.17, 15) is 4.79 Å². The molecule has 0 aliphatic rings. The number of amides is 1. The van der Waals surface area contributed by atoms with E-state index in [0.717, 1.165) is 18.4 Å². The summed E-state index contributed by atoms with van der Waals surface area (Å²) >= 11 is -0.929. The Kier molecular flexibility index (Phi) is 6.99. The fourth-order valence-corrected chi connectivity index (χ4v) is 6.47. The third kappa shape index (κ3) is 3.87. The zero-order valence-corrected chi connectivity index (χ0v) is 11.6. The van der Waals surface area contributed by atoms with Crippen LogP contribution in [0.15, 0.2) is 9.93 Å². The topological polar surface area (TPSA) is 43.1 Å². The molecule has 0 heterocycles. The van der Waals surface area contributed by atoms with Crippen molar-refractivity contribution in [1.82, 2.24) is 0 Å². The molecule has 0 aromatic carbocycles. The van der Waals surface area contributed by atoms with Gasteiger partial charge in [-0.1, -0.05) is 0 Å². The minimum absolute atomic E-state index is 0.227. The van der Waals surface area contributed by atoms with E-state index in [4.69, 9.17) is 5.73 Å². The van der Waals surface area contributed by atoms with Crippen molar-refractivity contribution in [1.29, 1.82) is 0 Å². The van der Waals surface area contributed by atoms with Gasteiger partial charge in [0.05, 0.1) is 0 Å². The molecule has 82 valence electrons. The van der Waals surface area contributed by atoms with Crippen molar-refractivity contribution in [3.05, 3.63) is 9.93 Å². The minimum atomic E-state index is -0.929. The second kappa shape index (κ2) is 7.11. The summed E-state index contributed by atoms with van der Waals surface area (Å²) in [5.74, 6) is -0.227. The Bertz CT molecular complexity index is 219. The quantitative estimate of drug-likeness (QED) is 0.578. The molecule has 2 N–H and O–H groups in total. The van der Waals surface area contributed by atoms with Crippen molar-refractivity contribution in [2.24, 2.45) is 5.73 Å². The van der Waals surface area contributed by atoms with Gasteiger partial charge in [0.2, 0.25) is 0 Å². The second-order valence-electron chi connectivity index (χ2n) is 3.36. The molecule has 0 saturated carbocycles. The van der Waals surface area contributed by atoms with Crippen LogP contribution in [0.5, 0.6) is 0 Å². The molecule has 14 heavy (non-hydrogen) atoms. The number of carbonyl (C=O) groups excluding carboxylic acids is 1. The number of carbonyl (C=O) groups is 1. The van der Waals surface area contributed by atoms with Crippen LogP contribution >= 0.6 is 0 Å². The summed E-state index contributed by atoms with van der Waals surface area (Å²) in [5.41, 5.74) is 6.18. The summed E-state index contributed by atoms with van der Waals surface area (Å²) in [5, 5.41) is 2.48. The van der Waals surface area contributed by atoms with Gasteiger partial charge in [0.15, 0.2) is 0 Å². The molecular formula is C11H22AsNO. The first-order valence-electron chi connectivity index (χ1n) is 5.32. The van der Waals surface area contributed by atoms with Gasteiger partial charge in [-0.25, -0.2) is 0 Å². The molecular weight excluding hydrogens is 237 g/mol. The maximum atomic E-state index is 11.1. The van der Waals surface area contributed by atoms with Crippen LogP contribution in [0.2, 0.25) is 10.4 Å². The first kappa shape index (κ1) is 13.8. The monoisotopic (exact) mass is 259 g/mol. The zero-order valence-electron chi connectivity index (χ0n) is 9.76. The van der Waals surface area contributed by atoms with E-state index in [-0.39, 0.29) is 5.91 Å². The Hall–Kier alpha value is -0.232. The molecule has 0 aromatic rings. The number of hydrogen-bond acceptors (Lipinski definition) is 1. The molecule has 0 radical (unpaired) electrons. The van der Waals surface area contributed by atoms with E-state index in [1.54, 1.807) is 0 Å². The first-order valence-corrected chi connectivity index (χ1v) is 8.92. The molecule has 0 unspecified atom stereocenters. The van der Waals surface area contributed by atoms with Crippen LogP contribution < -0.4 is 5.73 Å². The second-order valence-corrected chi connectivity index (χ2v) is 9.41. The van der Waals surface area contributed by atoms with Gasteiger partial charge in [-0.2, -0.15) is 0 Å². The first-order chi connectivity index (χ1) is 6.58. The Balaban J connectivity index is 4.89. The molecule has 1 amide bonds. The summed E-state index contributed by atoms with van der Waals surface area (Å²) in [4.78, 5) is 11.1. The van der Waals surface area contributed by atoms with Crippen molar-refractivity contribution in [2.45, 2.75) is 51.0 Å². The molecule has 0 atom stereocenters. The van der Waals surface area contributed by atoms with Crippen molar-refractivity contribution in [3.8, 4) is 0 Å². The number of nitrogens with two attached hydrogens (primary N) is 1. The zero-order chi connectivity index (χ0) is 11.1. The summed E-state index contributed by atoms with van der Waals surface area (Å²) in [6, 6.07) is 0. The molecule has 0 aliphatic heterocycles. The van der Waals surface area contributed by atoms with Crippen LogP contribution in [0, 0.1) is 0 Å². The van der Waals surface area contributed by atoms with Gasteiger partial charge in [0.1, 0.15) is 0 Å². The average molecular weight is 259 g/mol. The van der Waals surface area contributed by atoms with Crippen molar-refractivity contribution < 1.29 is 4.79 Å². The Labute approximate surface area is 92.2 Å². The van der Waals surface area contributed by atoms with Crippen molar-refractivity contribution in [3.63, 3.8) is 0 Å². The molecule has 0 saturated heterocycles. The van der Waals surface area contributed by atoms with Gasteiger partial charge in [0.25, 0.3) is 0 Å². The van der Waals surface area contributed by atoms with Gasteiger partial charge in [0, 0.05) is 0 Å². The maximum absolute atomic E-state index is 11.1. The normalized spacial score (nSPS) is 12.9. The molecule has 0 aliphatic carbocycles. The molecule has 0 aromatic heterocycles. The number of allylic oxidation sites excluding steroid dienone is 1. The van der Waals surface area contributed by atoms with Crippen LogP contribution in [0.3, 0.4) is 0 Å². The van der Waals surface area contributed by atoms with Gasteiger partial charge >= 0.3 is 92.0 Å². The predicted molar refractivity (Wildman–Crippen MR) is 63.5 cm³/mol. The number of hydrogen-bond donors (Lipinski definition) is 1. The van der Waals surface area contributed by atoms with Crippen molar-refractivity contribution in [2.75, 3.05) is 0 Å². The predicted octanol–water partition coefficient (Wildman–Crippen LogP) is 2.66. The van der Waals surface area contributed by atoms with Crippen LogP contribution in [0.4, 0.5) is 0 Å². The fraction of sp³-hybridized carbons (Fsp3) is 0.727. The molecule has 3 heteroatoms. The van der Waals surface area contributed by atoms with Crippen LogP contribution in [0.25, 0.3) is 0 Å². The third-order valence-corrected chi connectivity index (χ3v) is 8.41. The molecule has 0 spiro atoms. The SMILES string of the molecule is CCC/C(=C(/C)C(N)=O)[As](CC)CC. The van der Waals surface area contributed by atoms with E-state index in [1.165, 1.54) is 14.8 Å². The van der Waals surface area contributed by atoms with Crippen LogP contribution in [0.1, 0.15) is 40.5 Å². The number of primary amides is 1. The van der Waals surface area contributed by atoms with Gasteiger partial charge < -0.3 is 0 Å². The Morgan fingerprint density at radius 1 is 1.21 bits per heavy atom. The average Bonchev–Trinajstić information content (AvgIpc) is 2.17. The molecule has 0 fully saturated rings. The summed E-state index contributed by atoms with van der Waals surface area (Å²) in [6.45, 7) is 8.51. The summed E-state index contributed by atoms with van der Waals surface area (Å²) < 4.78 is 1.41. The van der Waals surface area contributed by atoms with E-state index in [2.05, 4.69) is 20.8 Å². The van der Waals surface area contributed by atoms with Gasteiger partial charge in [-0.3, -0.25) is 0 Å². The standard InChI is InChI=1S/C11H22AsNO/c1-5-8-10(9(4)11(13)14)12(6-2)7-3/h5-8H2,1-4H3,(H2,13,14)/b10-9+. The van der Waals surface area contributed by atoms with E-state index >= 15 is 0 Å². The summed E-state index contributed by atoms with van der Waals surface area (Å²) in [6.07, 6.45) is 2.18. The number of rotatable bonds is 6.